The number of hydrogen-bond acceptors (Lipinski definition) is 7. The molecule has 1 aliphatic heterocycles. The van der Waals surface area contributed by atoms with Gasteiger partial charge in [-0.1, -0.05) is 5.16 Å². The molecule has 1 fully saturated rings. The number of likely N-dealkylation sites (tertiary alicyclic amines) is 1. The van der Waals surface area contributed by atoms with Gasteiger partial charge >= 0.3 is 6.03 Å². The maximum Gasteiger partial charge on any atom is 0.322 e. The van der Waals surface area contributed by atoms with Gasteiger partial charge < -0.3 is 24.6 Å². The summed E-state index contributed by atoms with van der Waals surface area (Å²) in [6.45, 7) is 3.75. The fourth-order valence-electron chi connectivity index (χ4n) is 2.72. The SMILES string of the molecule is COc1ncc(C)cc1NC(=O)N1C[C@@H](O)C[C@@H]1c1nc(C)no1. The van der Waals surface area contributed by atoms with E-state index in [1.165, 1.54) is 12.0 Å². The summed E-state index contributed by atoms with van der Waals surface area (Å²) in [5.74, 6) is 1.11. The van der Waals surface area contributed by atoms with E-state index in [0.29, 0.717) is 29.7 Å². The first-order chi connectivity index (χ1) is 11.5. The number of methoxy groups -OCH3 is 1. The summed E-state index contributed by atoms with van der Waals surface area (Å²) in [6.07, 6.45) is 1.35. The van der Waals surface area contributed by atoms with Gasteiger partial charge in [-0.15, -0.1) is 0 Å². The van der Waals surface area contributed by atoms with Crippen LogP contribution in [0.4, 0.5) is 10.5 Å². The quantitative estimate of drug-likeness (QED) is 0.873. The van der Waals surface area contributed by atoms with E-state index in [1.807, 2.05) is 6.92 Å². The molecule has 0 bridgehead atoms. The summed E-state index contributed by atoms with van der Waals surface area (Å²) >= 11 is 0. The number of aromatic nitrogens is 3. The van der Waals surface area contributed by atoms with Crippen LogP contribution in [0.5, 0.6) is 5.88 Å². The smallest absolute Gasteiger partial charge is 0.322 e. The number of β-amino-alcohol motifs (C(OH)–C–C–N with tert-alkyl or cyclic N) is 1. The average Bonchev–Trinajstić information content (AvgIpc) is 3.13. The van der Waals surface area contributed by atoms with Gasteiger partial charge in [0.15, 0.2) is 5.82 Å². The zero-order valence-electron chi connectivity index (χ0n) is 13.7. The lowest BCUT2D eigenvalue weighted by Gasteiger charge is -2.22. The van der Waals surface area contributed by atoms with Crippen LogP contribution < -0.4 is 10.1 Å². The first-order valence-electron chi connectivity index (χ1n) is 7.54. The molecule has 1 aliphatic rings. The number of carbonyl (C=O) groups excluding carboxylic acids is 1. The number of aliphatic hydroxyl groups is 1. The van der Waals surface area contributed by atoms with E-state index in [0.717, 1.165) is 5.56 Å². The van der Waals surface area contributed by atoms with Crippen LogP contribution in [-0.4, -0.2) is 50.9 Å². The first kappa shape index (κ1) is 16.2. The molecule has 2 aromatic rings. The number of aryl methyl sites for hydroxylation is 2. The second-order valence-electron chi connectivity index (χ2n) is 5.74. The Kier molecular flexibility index (Phi) is 4.34. The third kappa shape index (κ3) is 3.16. The molecule has 9 heteroatoms. The highest BCUT2D eigenvalue weighted by Gasteiger charge is 2.39. The van der Waals surface area contributed by atoms with Crippen LogP contribution in [0.25, 0.3) is 0 Å². The number of hydrogen-bond donors (Lipinski definition) is 2. The number of amides is 2. The van der Waals surface area contributed by atoms with Crippen molar-refractivity contribution in [1.82, 2.24) is 20.0 Å². The van der Waals surface area contributed by atoms with Crippen LogP contribution in [-0.2, 0) is 0 Å². The Morgan fingerprint density at radius 2 is 2.29 bits per heavy atom. The lowest BCUT2D eigenvalue weighted by molar-refractivity contribution is 0.174. The van der Waals surface area contributed by atoms with Gasteiger partial charge in [-0.3, -0.25) is 0 Å². The zero-order chi connectivity index (χ0) is 17.3. The van der Waals surface area contributed by atoms with Gasteiger partial charge in [0.05, 0.1) is 13.2 Å². The Hall–Kier alpha value is -2.68. The highest BCUT2D eigenvalue weighted by Crippen LogP contribution is 2.32. The maximum absolute atomic E-state index is 12.7. The molecule has 24 heavy (non-hydrogen) atoms. The second kappa shape index (κ2) is 6.44. The van der Waals surface area contributed by atoms with Crippen molar-refractivity contribution in [3.05, 3.63) is 29.5 Å². The number of anilines is 1. The summed E-state index contributed by atoms with van der Waals surface area (Å²) < 4.78 is 10.3. The molecule has 0 aliphatic carbocycles. The van der Waals surface area contributed by atoms with Gasteiger partial charge in [-0.2, -0.15) is 4.98 Å². The predicted molar refractivity (Wildman–Crippen MR) is 83.7 cm³/mol. The summed E-state index contributed by atoms with van der Waals surface area (Å²) in [6, 6.07) is 0.908. The lowest BCUT2D eigenvalue weighted by atomic mass is 10.2. The number of pyridine rings is 1. The zero-order valence-corrected chi connectivity index (χ0v) is 13.7. The number of nitrogens with zero attached hydrogens (tertiary/aromatic N) is 4. The van der Waals surface area contributed by atoms with Crippen molar-refractivity contribution in [3.8, 4) is 5.88 Å². The van der Waals surface area contributed by atoms with E-state index in [2.05, 4.69) is 20.4 Å². The van der Waals surface area contributed by atoms with Gasteiger partial charge in [0.2, 0.25) is 11.8 Å². The Bertz CT molecular complexity index is 747. The highest BCUT2D eigenvalue weighted by molar-refractivity contribution is 5.91. The van der Waals surface area contributed by atoms with E-state index in [4.69, 9.17) is 9.26 Å². The van der Waals surface area contributed by atoms with Gasteiger partial charge in [0.1, 0.15) is 11.7 Å². The largest absolute Gasteiger partial charge is 0.480 e. The molecule has 2 amide bonds. The molecular formula is C15H19N5O4. The fraction of sp³-hybridized carbons (Fsp3) is 0.467. The molecule has 9 nitrogen and oxygen atoms in total. The molecule has 1 saturated heterocycles. The van der Waals surface area contributed by atoms with Crippen molar-refractivity contribution in [2.45, 2.75) is 32.4 Å². The van der Waals surface area contributed by atoms with Crippen LogP contribution in [0.2, 0.25) is 0 Å². The molecule has 0 spiro atoms. The highest BCUT2D eigenvalue weighted by atomic mass is 16.5. The standard InChI is InChI=1S/C15H19N5O4/c1-8-4-11(13(23-3)16-6-8)18-15(22)20-7-10(21)5-12(20)14-17-9(2)19-24-14/h4,6,10,12,21H,5,7H2,1-3H3,(H,18,22)/t10-,12+/m0/s1. The number of ether oxygens (including phenoxy) is 1. The van der Waals surface area contributed by atoms with E-state index in [-0.39, 0.29) is 6.54 Å². The fourth-order valence-corrected chi connectivity index (χ4v) is 2.72. The minimum absolute atomic E-state index is 0.180. The number of carbonyl (C=O) groups is 1. The van der Waals surface area contributed by atoms with E-state index in [9.17, 15) is 9.90 Å². The molecular weight excluding hydrogens is 314 g/mol. The lowest BCUT2D eigenvalue weighted by Crippen LogP contribution is -2.35. The molecule has 0 radical (unpaired) electrons. The number of nitrogens with one attached hydrogen (secondary N) is 1. The van der Waals surface area contributed by atoms with Crippen LogP contribution >= 0.6 is 0 Å². The van der Waals surface area contributed by atoms with Crippen molar-refractivity contribution in [3.63, 3.8) is 0 Å². The molecule has 0 aromatic carbocycles. The number of rotatable bonds is 3. The number of urea groups is 1. The molecule has 3 heterocycles. The van der Waals surface area contributed by atoms with Crippen LogP contribution in [0.3, 0.4) is 0 Å². The minimum atomic E-state index is -0.648. The van der Waals surface area contributed by atoms with Gasteiger partial charge in [-0.25, -0.2) is 9.78 Å². The van der Waals surface area contributed by atoms with Gasteiger partial charge in [0.25, 0.3) is 0 Å². The summed E-state index contributed by atoms with van der Waals surface area (Å²) in [5.41, 5.74) is 1.35. The number of aliphatic hydroxyl groups excluding tert-OH is 1. The first-order valence-corrected chi connectivity index (χ1v) is 7.54. The third-order valence-electron chi connectivity index (χ3n) is 3.79. The molecule has 0 unspecified atom stereocenters. The summed E-state index contributed by atoms with van der Waals surface area (Å²) in [7, 11) is 1.48. The molecule has 128 valence electrons. The van der Waals surface area contributed by atoms with Crippen molar-refractivity contribution in [2.24, 2.45) is 0 Å². The minimum Gasteiger partial charge on any atom is -0.480 e. The molecule has 2 N–H and O–H groups in total. The molecule has 3 rings (SSSR count). The maximum atomic E-state index is 12.7. The normalized spacial score (nSPS) is 20.2. The second-order valence-corrected chi connectivity index (χ2v) is 5.74. The van der Waals surface area contributed by atoms with E-state index >= 15 is 0 Å². The van der Waals surface area contributed by atoms with E-state index < -0.39 is 18.2 Å². The Morgan fingerprint density at radius 3 is 2.96 bits per heavy atom. The third-order valence-corrected chi connectivity index (χ3v) is 3.79. The van der Waals surface area contributed by atoms with Gasteiger partial charge in [-0.05, 0) is 25.5 Å². The molecule has 0 saturated carbocycles. The van der Waals surface area contributed by atoms with Crippen molar-refractivity contribution >= 4 is 11.7 Å². The average molecular weight is 333 g/mol. The van der Waals surface area contributed by atoms with E-state index in [1.54, 1.807) is 19.2 Å². The molecule has 2 atom stereocenters. The Balaban J connectivity index is 1.82. The molecule has 2 aromatic heterocycles. The van der Waals surface area contributed by atoms with Crippen molar-refractivity contribution < 1.29 is 19.2 Å². The Morgan fingerprint density at radius 1 is 1.50 bits per heavy atom. The van der Waals surface area contributed by atoms with Crippen LogP contribution in [0.1, 0.15) is 29.7 Å². The monoisotopic (exact) mass is 333 g/mol. The van der Waals surface area contributed by atoms with Crippen molar-refractivity contribution in [1.29, 1.82) is 0 Å². The topological polar surface area (TPSA) is 114 Å². The van der Waals surface area contributed by atoms with Crippen molar-refractivity contribution in [2.75, 3.05) is 19.0 Å². The van der Waals surface area contributed by atoms with Crippen LogP contribution in [0, 0.1) is 13.8 Å². The van der Waals surface area contributed by atoms with Crippen LogP contribution in [0.15, 0.2) is 16.8 Å². The summed E-state index contributed by atoms with van der Waals surface area (Å²) in [4.78, 5) is 22.4. The van der Waals surface area contributed by atoms with Gasteiger partial charge in [0, 0.05) is 19.2 Å². The Labute approximate surface area is 138 Å². The predicted octanol–water partition coefficient (Wildman–Crippen LogP) is 1.43. The summed E-state index contributed by atoms with van der Waals surface area (Å²) in [5, 5.41) is 16.5.